The van der Waals surface area contributed by atoms with Crippen LogP contribution in [0.25, 0.3) is 0 Å². The highest BCUT2D eigenvalue weighted by Crippen LogP contribution is 2.39. The second-order valence-corrected chi connectivity index (χ2v) is 11.8. The summed E-state index contributed by atoms with van der Waals surface area (Å²) in [5.74, 6) is -1.62. The molecule has 2 atom stereocenters. The van der Waals surface area contributed by atoms with Gasteiger partial charge in [-0.15, -0.1) is 0 Å². The minimum Gasteiger partial charge on any atom is -0.458 e. The second-order valence-electron chi connectivity index (χ2n) is 11.8. The monoisotopic (exact) mass is 558 g/mol. The van der Waals surface area contributed by atoms with Crippen molar-refractivity contribution in [3.05, 3.63) is 156 Å². The lowest BCUT2D eigenvalue weighted by atomic mass is 9.78. The number of esters is 2. The summed E-state index contributed by atoms with van der Waals surface area (Å²) in [6.45, 7) is 5.87. The zero-order chi connectivity index (χ0) is 29.6. The molecular weight excluding hydrogens is 520 g/mol. The highest BCUT2D eigenvalue weighted by Gasteiger charge is 2.41. The van der Waals surface area contributed by atoms with Gasteiger partial charge in [-0.25, -0.2) is 0 Å². The average molecular weight is 559 g/mol. The Balaban J connectivity index is 1.31. The van der Waals surface area contributed by atoms with Crippen LogP contribution in [0.5, 0.6) is 0 Å². The quantitative estimate of drug-likeness (QED) is 0.153. The van der Waals surface area contributed by atoms with Crippen molar-refractivity contribution in [2.24, 2.45) is 5.92 Å². The number of carbonyl (C=O) groups excluding carboxylic acids is 2. The van der Waals surface area contributed by atoms with Crippen molar-refractivity contribution in [2.75, 3.05) is 0 Å². The minimum atomic E-state index is -0.758. The average Bonchev–Trinajstić information content (AvgIpc) is 2.99. The van der Waals surface area contributed by atoms with E-state index in [0.29, 0.717) is 12.8 Å². The normalized spacial score (nSPS) is 18.5. The van der Waals surface area contributed by atoms with Crippen molar-refractivity contribution in [2.45, 2.75) is 56.7 Å². The SMILES string of the molecule is CC(C)(OC(=O)C(c1ccccc1)c1ccccc1)[C@H]1C=C[C@](C)(OC(=O)C(c2ccccc2)c2ccccc2)CC1. The summed E-state index contributed by atoms with van der Waals surface area (Å²) in [4.78, 5) is 27.4. The van der Waals surface area contributed by atoms with Crippen molar-refractivity contribution in [3.63, 3.8) is 0 Å². The van der Waals surface area contributed by atoms with Crippen LogP contribution in [0.15, 0.2) is 133 Å². The van der Waals surface area contributed by atoms with E-state index in [1.165, 1.54) is 0 Å². The van der Waals surface area contributed by atoms with Gasteiger partial charge in [0.15, 0.2) is 0 Å². The highest BCUT2D eigenvalue weighted by atomic mass is 16.6. The van der Waals surface area contributed by atoms with Gasteiger partial charge in [0.1, 0.15) is 23.0 Å². The van der Waals surface area contributed by atoms with Gasteiger partial charge in [0, 0.05) is 5.92 Å². The maximum Gasteiger partial charge on any atom is 0.318 e. The van der Waals surface area contributed by atoms with E-state index in [1.54, 1.807) is 0 Å². The van der Waals surface area contributed by atoms with E-state index in [9.17, 15) is 9.59 Å². The third kappa shape index (κ3) is 6.71. The fraction of sp³-hybridized carbons (Fsp3) is 0.263. The molecule has 0 saturated heterocycles. The van der Waals surface area contributed by atoms with Gasteiger partial charge < -0.3 is 9.47 Å². The molecule has 0 unspecified atom stereocenters. The second kappa shape index (κ2) is 12.6. The van der Waals surface area contributed by atoms with Crippen molar-refractivity contribution in [1.82, 2.24) is 0 Å². The van der Waals surface area contributed by atoms with Crippen LogP contribution in [0.3, 0.4) is 0 Å². The molecule has 0 fully saturated rings. The van der Waals surface area contributed by atoms with Gasteiger partial charge in [0.25, 0.3) is 0 Å². The molecule has 0 radical (unpaired) electrons. The van der Waals surface area contributed by atoms with Crippen LogP contribution in [0.2, 0.25) is 0 Å². The van der Waals surface area contributed by atoms with Crippen LogP contribution < -0.4 is 0 Å². The summed E-state index contributed by atoms with van der Waals surface area (Å²) < 4.78 is 12.5. The molecule has 5 rings (SSSR count). The van der Waals surface area contributed by atoms with Crippen LogP contribution >= 0.6 is 0 Å². The molecule has 0 heterocycles. The van der Waals surface area contributed by atoms with Crippen LogP contribution in [0.4, 0.5) is 0 Å². The maximum atomic E-state index is 13.7. The van der Waals surface area contributed by atoms with Crippen molar-refractivity contribution < 1.29 is 19.1 Å². The topological polar surface area (TPSA) is 52.6 Å². The number of rotatable bonds is 9. The third-order valence-electron chi connectivity index (χ3n) is 8.23. The lowest BCUT2D eigenvalue weighted by Gasteiger charge is -2.39. The summed E-state index contributed by atoms with van der Waals surface area (Å²) >= 11 is 0. The van der Waals surface area contributed by atoms with Gasteiger partial charge in [-0.1, -0.05) is 127 Å². The lowest BCUT2D eigenvalue weighted by Crippen LogP contribution is -2.42. The number of carbonyl (C=O) groups is 2. The van der Waals surface area contributed by atoms with E-state index in [4.69, 9.17) is 9.47 Å². The molecule has 214 valence electrons. The summed E-state index contributed by atoms with van der Waals surface area (Å²) in [5.41, 5.74) is 2.08. The first-order chi connectivity index (χ1) is 20.3. The Labute approximate surface area is 249 Å². The molecule has 0 bridgehead atoms. The van der Waals surface area contributed by atoms with Gasteiger partial charge in [-0.2, -0.15) is 0 Å². The number of ether oxygens (including phenoxy) is 2. The molecule has 0 aromatic heterocycles. The minimum absolute atomic E-state index is 0.0283. The molecule has 4 nitrogen and oxygen atoms in total. The van der Waals surface area contributed by atoms with Crippen molar-refractivity contribution >= 4 is 11.9 Å². The van der Waals surface area contributed by atoms with Crippen molar-refractivity contribution in [1.29, 1.82) is 0 Å². The fourth-order valence-corrected chi connectivity index (χ4v) is 5.80. The molecule has 0 N–H and O–H groups in total. The molecule has 42 heavy (non-hydrogen) atoms. The lowest BCUT2D eigenvalue weighted by molar-refractivity contribution is -0.162. The molecule has 4 heteroatoms. The highest BCUT2D eigenvalue weighted by molar-refractivity contribution is 5.83. The van der Waals surface area contributed by atoms with E-state index in [-0.39, 0.29) is 17.9 Å². The molecule has 0 aliphatic heterocycles. The summed E-state index contributed by atoms with van der Waals surface area (Å²) in [5, 5.41) is 0. The Morgan fingerprint density at radius 3 is 1.40 bits per heavy atom. The van der Waals surface area contributed by atoms with E-state index >= 15 is 0 Å². The maximum absolute atomic E-state index is 13.7. The Kier molecular flexibility index (Phi) is 8.72. The van der Waals surface area contributed by atoms with Gasteiger partial charge in [0.05, 0.1) is 0 Å². The zero-order valence-electron chi connectivity index (χ0n) is 24.5. The van der Waals surface area contributed by atoms with Crippen molar-refractivity contribution in [3.8, 4) is 0 Å². The number of hydrogen-bond acceptors (Lipinski definition) is 4. The summed E-state index contributed by atoms with van der Waals surface area (Å²) in [6.07, 6.45) is 5.35. The molecule has 4 aromatic carbocycles. The first kappa shape index (κ1) is 29.1. The zero-order valence-corrected chi connectivity index (χ0v) is 24.5. The van der Waals surface area contributed by atoms with Gasteiger partial charge >= 0.3 is 11.9 Å². The Morgan fingerprint density at radius 2 is 1.05 bits per heavy atom. The van der Waals surface area contributed by atoms with Gasteiger partial charge in [-0.05, 0) is 61.9 Å². The van der Waals surface area contributed by atoms with Crippen LogP contribution in [0, 0.1) is 5.92 Å². The number of hydrogen-bond donors (Lipinski definition) is 0. The smallest absolute Gasteiger partial charge is 0.318 e. The Morgan fingerprint density at radius 1 is 0.667 bits per heavy atom. The Bertz CT molecular complexity index is 1420. The molecule has 0 amide bonds. The van der Waals surface area contributed by atoms with Crippen LogP contribution in [0.1, 0.15) is 67.7 Å². The van der Waals surface area contributed by atoms with E-state index in [0.717, 1.165) is 22.3 Å². The molecule has 1 aliphatic carbocycles. The molecule has 0 saturated carbocycles. The third-order valence-corrected chi connectivity index (χ3v) is 8.23. The summed E-state index contributed by atoms with van der Waals surface area (Å²) in [7, 11) is 0. The molecular formula is C38H38O4. The van der Waals surface area contributed by atoms with Gasteiger partial charge in [0.2, 0.25) is 0 Å². The van der Waals surface area contributed by atoms with Crippen LogP contribution in [-0.4, -0.2) is 23.1 Å². The molecule has 1 aliphatic rings. The predicted octanol–water partition coefficient (Wildman–Crippen LogP) is 8.24. The van der Waals surface area contributed by atoms with Gasteiger partial charge in [-0.3, -0.25) is 9.59 Å². The first-order valence-corrected chi connectivity index (χ1v) is 14.6. The van der Waals surface area contributed by atoms with E-state index in [1.807, 2.05) is 154 Å². The largest absolute Gasteiger partial charge is 0.458 e. The molecule has 0 spiro atoms. The molecule has 4 aromatic rings. The van der Waals surface area contributed by atoms with E-state index < -0.39 is 23.0 Å². The fourth-order valence-electron chi connectivity index (χ4n) is 5.80. The van der Waals surface area contributed by atoms with Crippen LogP contribution in [-0.2, 0) is 19.1 Å². The first-order valence-electron chi connectivity index (χ1n) is 14.6. The Hall–Kier alpha value is -4.44. The summed E-state index contributed by atoms with van der Waals surface area (Å²) in [6, 6.07) is 39.0. The number of benzene rings is 4. The standard InChI is InChI=1S/C38H38O4/c1-37(2,41-35(39)33(28-16-8-4-9-17-28)29-18-10-5-11-19-29)32-24-26-38(3,27-25-32)42-36(40)34(30-20-12-6-13-21-30)31-22-14-7-15-23-31/h4-24,26,32-34H,25,27H2,1-3H3/t32-,38-/m0/s1. The van der Waals surface area contributed by atoms with E-state index in [2.05, 4.69) is 0 Å². The predicted molar refractivity (Wildman–Crippen MR) is 166 cm³/mol.